The van der Waals surface area contributed by atoms with E-state index in [4.69, 9.17) is 16.3 Å². The first-order chi connectivity index (χ1) is 14.6. The third-order valence-electron chi connectivity index (χ3n) is 4.46. The zero-order chi connectivity index (χ0) is 21.3. The van der Waals surface area contributed by atoms with E-state index in [9.17, 15) is 9.59 Å². The van der Waals surface area contributed by atoms with E-state index in [1.165, 1.54) is 0 Å². The van der Waals surface area contributed by atoms with Crippen molar-refractivity contribution >= 4 is 29.1 Å². The summed E-state index contributed by atoms with van der Waals surface area (Å²) in [5.41, 5.74) is 1.86. The Morgan fingerprint density at radius 1 is 0.933 bits per heavy atom. The lowest BCUT2D eigenvalue weighted by Crippen LogP contribution is -2.31. The molecule has 0 aliphatic carbocycles. The highest BCUT2D eigenvalue weighted by molar-refractivity contribution is 6.33. The van der Waals surface area contributed by atoms with Crippen molar-refractivity contribution < 1.29 is 14.3 Å². The topological polar surface area (TPSA) is 67.4 Å². The molecule has 3 aromatic rings. The first-order valence-electron chi connectivity index (χ1n) is 9.70. The van der Waals surface area contributed by atoms with Crippen molar-refractivity contribution in [3.63, 3.8) is 0 Å². The summed E-state index contributed by atoms with van der Waals surface area (Å²) in [4.78, 5) is 25.4. The third-order valence-corrected chi connectivity index (χ3v) is 4.79. The predicted molar refractivity (Wildman–Crippen MR) is 119 cm³/mol. The van der Waals surface area contributed by atoms with Crippen LogP contribution in [-0.2, 0) is 4.79 Å². The van der Waals surface area contributed by atoms with Crippen LogP contribution in [0.2, 0.25) is 5.02 Å². The molecule has 1 atom stereocenters. The number of benzene rings is 3. The molecule has 0 saturated heterocycles. The lowest BCUT2D eigenvalue weighted by molar-refractivity contribution is -0.116. The summed E-state index contributed by atoms with van der Waals surface area (Å²) in [6.45, 7) is 2.49. The highest BCUT2D eigenvalue weighted by Crippen LogP contribution is 2.22. The minimum Gasteiger partial charge on any atom is -0.494 e. The average molecular weight is 423 g/mol. The summed E-state index contributed by atoms with van der Waals surface area (Å²) < 4.78 is 5.41. The maximum atomic E-state index is 12.7. The molecule has 6 heteroatoms. The van der Waals surface area contributed by atoms with Gasteiger partial charge in [0.15, 0.2) is 0 Å². The monoisotopic (exact) mass is 422 g/mol. The number of ether oxygens (including phenoxy) is 1. The van der Waals surface area contributed by atoms with Gasteiger partial charge in [0.05, 0.1) is 29.7 Å². The first-order valence-corrected chi connectivity index (χ1v) is 10.1. The summed E-state index contributed by atoms with van der Waals surface area (Å²) in [7, 11) is 0. The van der Waals surface area contributed by atoms with Crippen LogP contribution >= 0.6 is 11.6 Å². The van der Waals surface area contributed by atoms with Crippen molar-refractivity contribution in [1.82, 2.24) is 5.32 Å². The quantitative estimate of drug-likeness (QED) is 0.521. The highest BCUT2D eigenvalue weighted by atomic mass is 35.5. The molecule has 0 aliphatic heterocycles. The van der Waals surface area contributed by atoms with Gasteiger partial charge in [-0.15, -0.1) is 0 Å². The van der Waals surface area contributed by atoms with E-state index in [1.807, 2.05) is 37.3 Å². The van der Waals surface area contributed by atoms with Gasteiger partial charge in [-0.1, -0.05) is 54.1 Å². The van der Waals surface area contributed by atoms with E-state index in [2.05, 4.69) is 10.6 Å². The third kappa shape index (κ3) is 5.84. The largest absolute Gasteiger partial charge is 0.494 e. The fraction of sp³-hybridized carbons (Fsp3) is 0.167. The molecular weight excluding hydrogens is 400 g/mol. The molecule has 30 heavy (non-hydrogen) atoms. The van der Waals surface area contributed by atoms with Gasteiger partial charge in [-0.2, -0.15) is 0 Å². The summed E-state index contributed by atoms with van der Waals surface area (Å²) in [5, 5.41) is 6.15. The molecule has 0 fully saturated rings. The number of amides is 2. The molecule has 0 spiro atoms. The van der Waals surface area contributed by atoms with Crippen LogP contribution in [-0.4, -0.2) is 18.4 Å². The van der Waals surface area contributed by atoms with Gasteiger partial charge in [0, 0.05) is 5.69 Å². The predicted octanol–water partition coefficient (Wildman–Crippen LogP) is 5.24. The van der Waals surface area contributed by atoms with E-state index in [-0.39, 0.29) is 18.2 Å². The Morgan fingerprint density at radius 2 is 1.60 bits per heavy atom. The molecule has 0 aliphatic rings. The Kier molecular flexibility index (Phi) is 7.46. The van der Waals surface area contributed by atoms with Crippen LogP contribution in [0.1, 0.15) is 35.3 Å². The molecule has 1 unspecified atom stereocenters. The zero-order valence-electron chi connectivity index (χ0n) is 16.6. The average Bonchev–Trinajstić information content (AvgIpc) is 2.75. The van der Waals surface area contributed by atoms with Crippen LogP contribution in [0.4, 0.5) is 5.69 Å². The van der Waals surface area contributed by atoms with E-state index in [1.54, 1.807) is 48.5 Å². The summed E-state index contributed by atoms with van der Waals surface area (Å²) in [6.07, 6.45) is 0.0768. The Labute approximate surface area is 181 Å². The van der Waals surface area contributed by atoms with Crippen molar-refractivity contribution in [3.8, 4) is 5.75 Å². The van der Waals surface area contributed by atoms with Crippen LogP contribution < -0.4 is 15.4 Å². The van der Waals surface area contributed by atoms with E-state index >= 15 is 0 Å². The molecule has 2 amide bonds. The number of halogens is 1. The molecule has 0 saturated carbocycles. The first kappa shape index (κ1) is 21.4. The summed E-state index contributed by atoms with van der Waals surface area (Å²) >= 11 is 6.15. The smallest absolute Gasteiger partial charge is 0.253 e. The van der Waals surface area contributed by atoms with Crippen LogP contribution in [0.5, 0.6) is 5.75 Å². The Morgan fingerprint density at radius 3 is 2.27 bits per heavy atom. The number of anilines is 1. The van der Waals surface area contributed by atoms with Crippen molar-refractivity contribution in [2.75, 3.05) is 11.9 Å². The summed E-state index contributed by atoms with van der Waals surface area (Å²) in [5.74, 6) is 0.195. The van der Waals surface area contributed by atoms with E-state index in [0.717, 1.165) is 11.3 Å². The molecule has 3 rings (SSSR count). The van der Waals surface area contributed by atoms with Crippen LogP contribution in [0, 0.1) is 0 Å². The molecule has 2 N–H and O–H groups in total. The second kappa shape index (κ2) is 10.5. The molecule has 0 radical (unpaired) electrons. The maximum absolute atomic E-state index is 12.7. The fourth-order valence-corrected chi connectivity index (χ4v) is 3.24. The van der Waals surface area contributed by atoms with Crippen molar-refractivity contribution in [2.24, 2.45) is 0 Å². The molecule has 0 aromatic heterocycles. The standard InChI is InChI=1S/C24H23ClN2O3/c1-2-30-19-14-12-18(13-15-19)26-23(28)16-22(17-8-4-3-5-9-17)27-24(29)20-10-6-7-11-21(20)25/h3-15,22H,2,16H2,1H3,(H,26,28)(H,27,29). The van der Waals surface area contributed by atoms with Gasteiger partial charge in [0.25, 0.3) is 5.91 Å². The van der Waals surface area contributed by atoms with Crippen molar-refractivity contribution in [2.45, 2.75) is 19.4 Å². The zero-order valence-corrected chi connectivity index (χ0v) is 17.4. The van der Waals surface area contributed by atoms with Gasteiger partial charge in [0.1, 0.15) is 5.75 Å². The Hall–Kier alpha value is -3.31. The van der Waals surface area contributed by atoms with Crippen molar-refractivity contribution in [3.05, 3.63) is 95.0 Å². The van der Waals surface area contributed by atoms with E-state index in [0.29, 0.717) is 22.9 Å². The lowest BCUT2D eigenvalue weighted by Gasteiger charge is -2.19. The number of rotatable bonds is 8. The summed E-state index contributed by atoms with van der Waals surface area (Å²) in [6, 6.07) is 22.9. The molecule has 0 bridgehead atoms. The lowest BCUT2D eigenvalue weighted by atomic mass is 10.0. The normalized spacial score (nSPS) is 11.4. The Balaban J connectivity index is 1.72. The number of hydrogen-bond acceptors (Lipinski definition) is 3. The second-order valence-corrected chi connectivity index (χ2v) is 7.03. The molecular formula is C24H23ClN2O3. The van der Waals surface area contributed by atoms with Gasteiger partial charge in [-0.25, -0.2) is 0 Å². The minimum absolute atomic E-state index is 0.0768. The van der Waals surface area contributed by atoms with Gasteiger partial charge < -0.3 is 15.4 Å². The van der Waals surface area contributed by atoms with E-state index < -0.39 is 6.04 Å². The molecule has 0 heterocycles. The fourth-order valence-electron chi connectivity index (χ4n) is 3.02. The molecule has 154 valence electrons. The van der Waals surface area contributed by atoms with Gasteiger partial charge in [-0.05, 0) is 48.9 Å². The van der Waals surface area contributed by atoms with Gasteiger partial charge in [0.2, 0.25) is 5.91 Å². The van der Waals surface area contributed by atoms with Crippen LogP contribution in [0.25, 0.3) is 0 Å². The number of carbonyl (C=O) groups is 2. The van der Waals surface area contributed by atoms with Gasteiger partial charge in [-0.3, -0.25) is 9.59 Å². The highest BCUT2D eigenvalue weighted by Gasteiger charge is 2.20. The van der Waals surface area contributed by atoms with Crippen LogP contribution in [0.3, 0.4) is 0 Å². The number of hydrogen-bond donors (Lipinski definition) is 2. The maximum Gasteiger partial charge on any atom is 0.253 e. The van der Waals surface area contributed by atoms with Crippen molar-refractivity contribution in [1.29, 1.82) is 0 Å². The Bertz CT molecular complexity index is 991. The minimum atomic E-state index is -0.502. The number of nitrogens with one attached hydrogen (secondary N) is 2. The van der Waals surface area contributed by atoms with Crippen LogP contribution in [0.15, 0.2) is 78.9 Å². The number of carbonyl (C=O) groups excluding carboxylic acids is 2. The molecule has 5 nitrogen and oxygen atoms in total. The van der Waals surface area contributed by atoms with Gasteiger partial charge >= 0.3 is 0 Å². The SMILES string of the molecule is CCOc1ccc(NC(=O)CC(NC(=O)c2ccccc2Cl)c2ccccc2)cc1. The second-order valence-electron chi connectivity index (χ2n) is 6.63. The molecule has 3 aromatic carbocycles.